The molecule has 0 bridgehead atoms. The first-order valence-electron chi connectivity index (χ1n) is 3.83. The summed E-state index contributed by atoms with van der Waals surface area (Å²) in [6.45, 7) is 1.99. The van der Waals surface area contributed by atoms with Crippen LogP contribution in [0.4, 0.5) is 0 Å². The standard InChI is InChI=1S/C9H7N3O/c1-7-2-3-12-8(6-11-13)5-10-9(12)4-7/h2-5H,1H3. The van der Waals surface area contributed by atoms with E-state index in [0.29, 0.717) is 5.69 Å². The van der Waals surface area contributed by atoms with Crippen molar-refractivity contribution in [1.82, 2.24) is 9.38 Å². The highest BCUT2D eigenvalue weighted by Crippen LogP contribution is 2.07. The highest BCUT2D eigenvalue weighted by molar-refractivity contribution is 5.46. The Kier molecular flexibility index (Phi) is 1.64. The van der Waals surface area contributed by atoms with E-state index in [2.05, 4.69) is 16.1 Å². The van der Waals surface area contributed by atoms with Gasteiger partial charge >= 0.3 is 6.07 Å². The van der Waals surface area contributed by atoms with Gasteiger partial charge in [0.15, 0.2) is 5.69 Å². The van der Waals surface area contributed by atoms with Crippen LogP contribution in [-0.4, -0.2) is 9.38 Å². The average Bonchev–Trinajstić information content (AvgIpc) is 2.49. The van der Waals surface area contributed by atoms with Crippen LogP contribution in [0, 0.1) is 18.2 Å². The van der Waals surface area contributed by atoms with Crippen LogP contribution < -0.4 is 0 Å². The van der Waals surface area contributed by atoms with Crippen LogP contribution in [0.15, 0.2) is 24.5 Å². The maximum Gasteiger partial charge on any atom is 0.357 e. The van der Waals surface area contributed by atoms with Gasteiger partial charge in [0.1, 0.15) is 5.65 Å². The Morgan fingerprint density at radius 1 is 1.62 bits per heavy atom. The summed E-state index contributed by atoms with van der Waals surface area (Å²) in [7, 11) is 0. The summed E-state index contributed by atoms with van der Waals surface area (Å²) in [5.74, 6) is 0. The molecule has 0 fully saturated rings. The summed E-state index contributed by atoms with van der Waals surface area (Å²) in [5.41, 5.74) is 2.50. The van der Waals surface area contributed by atoms with Crippen LogP contribution in [0.5, 0.6) is 0 Å². The van der Waals surface area contributed by atoms with Crippen LogP contribution in [0.2, 0.25) is 0 Å². The monoisotopic (exact) mass is 173 g/mol. The van der Waals surface area contributed by atoms with Crippen molar-refractivity contribution in [3.63, 3.8) is 0 Å². The topological polar surface area (TPSA) is 44.7 Å². The molecule has 0 radical (unpaired) electrons. The molecule has 0 atom stereocenters. The fourth-order valence-electron chi connectivity index (χ4n) is 1.21. The van der Waals surface area contributed by atoms with Gasteiger partial charge in [-0.1, -0.05) is 0 Å². The highest BCUT2D eigenvalue weighted by Gasteiger charge is 2.03. The maximum absolute atomic E-state index is 9.98. The van der Waals surface area contributed by atoms with Gasteiger partial charge in [-0.3, -0.25) is 4.40 Å². The van der Waals surface area contributed by atoms with Crippen molar-refractivity contribution in [3.8, 4) is 6.07 Å². The summed E-state index contributed by atoms with van der Waals surface area (Å²) in [6, 6.07) is 6.18. The number of aromatic nitrogens is 2. The van der Waals surface area contributed by atoms with E-state index in [4.69, 9.17) is 0 Å². The molecule has 2 aromatic rings. The zero-order chi connectivity index (χ0) is 9.26. The number of hydrogen-bond acceptors (Lipinski definition) is 2. The van der Waals surface area contributed by atoms with Crippen LogP contribution >= 0.6 is 0 Å². The Morgan fingerprint density at radius 3 is 3.23 bits per heavy atom. The van der Waals surface area contributed by atoms with Crippen LogP contribution in [0.25, 0.3) is 10.7 Å². The fourth-order valence-corrected chi connectivity index (χ4v) is 1.21. The summed E-state index contributed by atoms with van der Waals surface area (Å²) in [4.78, 5) is 4.10. The van der Waals surface area contributed by atoms with E-state index < -0.39 is 0 Å². The maximum atomic E-state index is 9.98. The molecule has 0 aliphatic carbocycles. The molecule has 4 heteroatoms. The number of hydrogen-bond donors (Lipinski definition) is 0. The van der Waals surface area contributed by atoms with Crippen molar-refractivity contribution >= 4 is 5.65 Å². The Bertz CT molecular complexity index is 504. The van der Waals surface area contributed by atoms with Gasteiger partial charge in [-0.25, -0.2) is 4.98 Å². The van der Waals surface area contributed by atoms with Crippen LogP contribution in [-0.2, 0) is 0 Å². The zero-order valence-corrected chi connectivity index (χ0v) is 7.06. The fraction of sp³-hybridized carbons (Fsp3) is 0.111. The largest absolute Gasteiger partial charge is 0.498 e. The quantitative estimate of drug-likeness (QED) is 0.570. The predicted molar refractivity (Wildman–Crippen MR) is 49.6 cm³/mol. The molecule has 0 aliphatic heterocycles. The van der Waals surface area contributed by atoms with E-state index in [-0.39, 0.29) is 0 Å². The van der Waals surface area contributed by atoms with Crippen molar-refractivity contribution in [2.45, 2.75) is 6.92 Å². The van der Waals surface area contributed by atoms with Gasteiger partial charge in [0.05, 0.1) is 6.20 Å². The van der Waals surface area contributed by atoms with Crippen molar-refractivity contribution in [2.24, 2.45) is 0 Å². The molecule has 0 aliphatic rings. The third-order valence-corrected chi connectivity index (χ3v) is 1.83. The first kappa shape index (κ1) is 7.62. The molecule has 0 saturated heterocycles. The van der Waals surface area contributed by atoms with Gasteiger partial charge in [0.25, 0.3) is 0 Å². The number of pyridine rings is 1. The van der Waals surface area contributed by atoms with E-state index in [1.165, 1.54) is 0 Å². The molecule has 2 rings (SSSR count). The SMILES string of the molecule is Cc1ccn2c(C#[N+][O-])cnc2c1. The Labute approximate surface area is 74.8 Å². The van der Waals surface area contributed by atoms with Crippen molar-refractivity contribution in [2.75, 3.05) is 0 Å². The lowest BCUT2D eigenvalue weighted by molar-refractivity contribution is 1.15. The number of nitrogens with zero attached hydrogens (tertiary/aromatic N) is 3. The second-order valence-electron chi connectivity index (χ2n) is 2.78. The van der Waals surface area contributed by atoms with E-state index >= 15 is 0 Å². The van der Waals surface area contributed by atoms with Crippen LogP contribution in [0.1, 0.15) is 11.3 Å². The molecule has 0 unspecified atom stereocenters. The Hall–Kier alpha value is -2.02. The number of imidazole rings is 1. The third kappa shape index (κ3) is 1.20. The predicted octanol–water partition coefficient (Wildman–Crippen LogP) is 1.82. The van der Waals surface area contributed by atoms with E-state index in [1.807, 2.05) is 25.3 Å². The van der Waals surface area contributed by atoms with E-state index in [0.717, 1.165) is 11.2 Å². The number of fused-ring (bicyclic) bond motifs is 1. The average molecular weight is 173 g/mol. The van der Waals surface area contributed by atoms with E-state index in [9.17, 15) is 5.21 Å². The first-order valence-corrected chi connectivity index (χ1v) is 3.83. The van der Waals surface area contributed by atoms with Gasteiger partial charge in [-0.2, -0.15) is 0 Å². The summed E-state index contributed by atoms with van der Waals surface area (Å²) in [6.07, 6.45) is 3.40. The van der Waals surface area contributed by atoms with Crippen molar-refractivity contribution in [1.29, 1.82) is 0 Å². The molecule has 4 nitrogen and oxygen atoms in total. The van der Waals surface area contributed by atoms with Gasteiger partial charge in [0, 0.05) is 11.2 Å². The second-order valence-corrected chi connectivity index (χ2v) is 2.78. The van der Waals surface area contributed by atoms with Gasteiger partial charge in [-0.15, -0.1) is 0 Å². The third-order valence-electron chi connectivity index (χ3n) is 1.83. The molecule has 13 heavy (non-hydrogen) atoms. The van der Waals surface area contributed by atoms with Gasteiger partial charge < -0.3 is 5.21 Å². The van der Waals surface area contributed by atoms with E-state index in [1.54, 1.807) is 10.6 Å². The summed E-state index contributed by atoms with van der Waals surface area (Å²) < 4.78 is 1.76. The molecule has 2 heterocycles. The minimum absolute atomic E-state index is 0.574. The zero-order valence-electron chi connectivity index (χ0n) is 7.06. The molecule has 0 amide bonds. The molecular weight excluding hydrogens is 166 g/mol. The normalized spacial score (nSPS) is 9.62. The lowest BCUT2D eigenvalue weighted by Crippen LogP contribution is -1.87. The minimum atomic E-state index is 0.574. The second kappa shape index (κ2) is 2.79. The minimum Gasteiger partial charge on any atom is -0.498 e. The van der Waals surface area contributed by atoms with Gasteiger partial charge in [0.2, 0.25) is 0 Å². The van der Waals surface area contributed by atoms with Crippen molar-refractivity contribution in [3.05, 3.63) is 46.0 Å². The summed E-state index contributed by atoms with van der Waals surface area (Å²) >= 11 is 0. The summed E-state index contributed by atoms with van der Waals surface area (Å²) in [5, 5.41) is 12.6. The molecule has 0 aromatic carbocycles. The Morgan fingerprint density at radius 2 is 2.46 bits per heavy atom. The van der Waals surface area contributed by atoms with Gasteiger partial charge in [-0.05, 0) is 24.6 Å². The Balaban J connectivity index is 2.73. The first-order chi connectivity index (χ1) is 6.31. The molecule has 0 spiro atoms. The van der Waals surface area contributed by atoms with Crippen LogP contribution in [0.3, 0.4) is 0 Å². The molecule has 64 valence electrons. The molecule has 0 saturated carbocycles. The van der Waals surface area contributed by atoms with Crippen molar-refractivity contribution < 1.29 is 0 Å². The number of aryl methyl sites for hydroxylation is 1. The smallest absolute Gasteiger partial charge is 0.357 e. The lowest BCUT2D eigenvalue weighted by Gasteiger charge is -1.93. The molecule has 0 N–H and O–H groups in total. The lowest BCUT2D eigenvalue weighted by atomic mass is 10.3. The molecule has 2 aromatic heterocycles. The highest BCUT2D eigenvalue weighted by atomic mass is 16.4. The number of rotatable bonds is 0. The molecular formula is C9H7N3O.